The molecule has 0 atom stereocenters. The first kappa shape index (κ1) is 12.4. The van der Waals surface area contributed by atoms with Crippen LogP contribution in [0.3, 0.4) is 0 Å². The topological polar surface area (TPSA) is 37.3 Å². The van der Waals surface area contributed by atoms with Crippen molar-refractivity contribution in [3.8, 4) is 0 Å². The van der Waals surface area contributed by atoms with Crippen molar-refractivity contribution in [1.82, 2.24) is 0 Å². The number of carbonyl (C=O) groups is 1. The second-order valence-corrected chi connectivity index (χ2v) is 2.43. The lowest BCUT2D eigenvalue weighted by atomic mass is 10.1. The zero-order chi connectivity index (χ0) is 11.0. The Labute approximate surface area is 84.9 Å². The lowest BCUT2D eigenvalue weighted by molar-refractivity contribution is 0.0697. The van der Waals surface area contributed by atoms with Crippen LogP contribution in [-0.4, -0.2) is 11.1 Å². The van der Waals surface area contributed by atoms with Gasteiger partial charge in [-0.3, -0.25) is 0 Å². The molecule has 0 saturated carbocycles. The first-order valence-corrected chi connectivity index (χ1v) is 4.70. The van der Waals surface area contributed by atoms with Crippen molar-refractivity contribution in [1.29, 1.82) is 0 Å². The van der Waals surface area contributed by atoms with Crippen LogP contribution < -0.4 is 0 Å². The highest BCUT2D eigenvalue weighted by Crippen LogP contribution is 2.06. The average molecular weight is 192 g/mol. The monoisotopic (exact) mass is 192 g/mol. The summed E-state index contributed by atoms with van der Waals surface area (Å²) >= 11 is 0. The van der Waals surface area contributed by atoms with Gasteiger partial charge in [-0.25, -0.2) is 4.79 Å². The smallest absolute Gasteiger partial charge is 0.335 e. The molecule has 0 aliphatic rings. The van der Waals surface area contributed by atoms with E-state index in [4.69, 9.17) is 5.11 Å². The molecule has 0 heterocycles. The molecule has 0 bridgehead atoms. The van der Waals surface area contributed by atoms with Crippen molar-refractivity contribution >= 4 is 12.0 Å². The molecule has 0 aliphatic carbocycles. The number of carboxylic acids is 1. The minimum atomic E-state index is -0.888. The van der Waals surface area contributed by atoms with Crippen molar-refractivity contribution in [2.24, 2.45) is 0 Å². The molecule has 0 aromatic heterocycles. The van der Waals surface area contributed by atoms with Crippen LogP contribution in [-0.2, 0) is 0 Å². The zero-order valence-corrected chi connectivity index (χ0v) is 8.82. The molecule has 1 aromatic rings. The minimum absolute atomic E-state index is 0.325. The number of carboxylic acid groups (broad SMARTS) is 1. The lowest BCUT2D eigenvalue weighted by Gasteiger charge is -1.95. The molecule has 0 amide bonds. The summed E-state index contributed by atoms with van der Waals surface area (Å²) < 4.78 is 0. The van der Waals surface area contributed by atoms with Gasteiger partial charge in [-0.2, -0.15) is 0 Å². The minimum Gasteiger partial charge on any atom is -0.478 e. The molecule has 0 unspecified atom stereocenters. The van der Waals surface area contributed by atoms with E-state index in [1.807, 2.05) is 39.0 Å². The number of hydrogen-bond donors (Lipinski definition) is 1. The number of aromatic carboxylic acids is 1. The molecule has 0 radical (unpaired) electrons. The van der Waals surface area contributed by atoms with E-state index in [0.29, 0.717) is 5.56 Å². The predicted octanol–water partition coefficient (Wildman–Crippen LogP) is 3.44. The van der Waals surface area contributed by atoms with E-state index in [9.17, 15) is 4.79 Å². The zero-order valence-electron chi connectivity index (χ0n) is 8.82. The van der Waals surface area contributed by atoms with Crippen molar-refractivity contribution in [2.75, 3.05) is 0 Å². The number of benzene rings is 1. The summed E-state index contributed by atoms with van der Waals surface area (Å²) in [6.45, 7) is 5.90. The molecule has 1 rings (SSSR count). The Hall–Kier alpha value is -1.57. The molecule has 1 aromatic carbocycles. The van der Waals surface area contributed by atoms with Gasteiger partial charge in [0.25, 0.3) is 0 Å². The Balaban J connectivity index is 0.000000791. The van der Waals surface area contributed by atoms with Gasteiger partial charge in [-0.15, -0.1) is 0 Å². The van der Waals surface area contributed by atoms with Crippen LogP contribution in [0.25, 0.3) is 6.08 Å². The predicted molar refractivity (Wildman–Crippen MR) is 59.5 cm³/mol. The van der Waals surface area contributed by atoms with Crippen LogP contribution in [0, 0.1) is 0 Å². The quantitative estimate of drug-likeness (QED) is 0.779. The first-order valence-electron chi connectivity index (χ1n) is 4.70. The lowest BCUT2D eigenvalue weighted by Crippen LogP contribution is -1.95. The summed E-state index contributed by atoms with van der Waals surface area (Å²) in [4.78, 5) is 10.5. The van der Waals surface area contributed by atoms with Gasteiger partial charge in [-0.05, 0) is 24.6 Å². The highest BCUT2D eigenvalue weighted by molar-refractivity contribution is 5.88. The summed E-state index contributed by atoms with van der Waals surface area (Å²) in [5.74, 6) is -0.888. The Bertz CT molecular complexity index is 314. The third-order valence-corrected chi connectivity index (χ3v) is 1.49. The van der Waals surface area contributed by atoms with Gasteiger partial charge in [0.05, 0.1) is 5.56 Å². The highest BCUT2D eigenvalue weighted by Gasteiger charge is 2.00. The molecular weight excluding hydrogens is 176 g/mol. The Morgan fingerprint density at radius 3 is 2.50 bits per heavy atom. The van der Waals surface area contributed by atoms with Gasteiger partial charge in [-0.1, -0.05) is 38.1 Å². The standard InChI is InChI=1S/C10H10O2.C2H6/c1-2-4-8-5-3-6-9(7-8)10(11)12;1-2/h2-7H,1H3,(H,11,12);1-2H3/b4-2+;. The maximum atomic E-state index is 10.5. The van der Waals surface area contributed by atoms with Gasteiger partial charge >= 0.3 is 5.97 Å². The van der Waals surface area contributed by atoms with Gasteiger partial charge in [0, 0.05) is 0 Å². The normalized spacial score (nSPS) is 9.36. The van der Waals surface area contributed by atoms with Crippen LogP contribution in [0.15, 0.2) is 30.3 Å². The van der Waals surface area contributed by atoms with Crippen molar-refractivity contribution in [2.45, 2.75) is 20.8 Å². The molecule has 2 nitrogen and oxygen atoms in total. The van der Waals surface area contributed by atoms with Crippen LogP contribution in [0.5, 0.6) is 0 Å². The number of hydrogen-bond acceptors (Lipinski definition) is 1. The third-order valence-electron chi connectivity index (χ3n) is 1.49. The fraction of sp³-hybridized carbons (Fsp3) is 0.250. The third kappa shape index (κ3) is 3.90. The van der Waals surface area contributed by atoms with Crippen LogP contribution in [0.4, 0.5) is 0 Å². The molecule has 14 heavy (non-hydrogen) atoms. The van der Waals surface area contributed by atoms with E-state index in [2.05, 4.69) is 0 Å². The van der Waals surface area contributed by atoms with Crippen molar-refractivity contribution in [3.63, 3.8) is 0 Å². The van der Waals surface area contributed by atoms with Gasteiger partial charge in [0.1, 0.15) is 0 Å². The van der Waals surface area contributed by atoms with Crippen LogP contribution in [0.2, 0.25) is 0 Å². The van der Waals surface area contributed by atoms with E-state index in [1.165, 1.54) is 0 Å². The molecule has 0 fully saturated rings. The molecule has 0 spiro atoms. The fourth-order valence-electron chi connectivity index (χ4n) is 0.968. The molecule has 0 saturated heterocycles. The number of allylic oxidation sites excluding steroid dienone is 1. The molecular formula is C12H16O2. The van der Waals surface area contributed by atoms with Crippen LogP contribution >= 0.6 is 0 Å². The Kier molecular flexibility index (Phi) is 6.12. The van der Waals surface area contributed by atoms with Crippen molar-refractivity contribution < 1.29 is 9.90 Å². The maximum Gasteiger partial charge on any atom is 0.335 e. The second kappa shape index (κ2) is 6.89. The van der Waals surface area contributed by atoms with E-state index in [1.54, 1.807) is 18.2 Å². The molecule has 0 aliphatic heterocycles. The first-order chi connectivity index (χ1) is 6.74. The highest BCUT2D eigenvalue weighted by atomic mass is 16.4. The SMILES string of the molecule is C/C=C/c1cccc(C(=O)O)c1.CC. The average Bonchev–Trinajstić information content (AvgIpc) is 2.22. The second-order valence-electron chi connectivity index (χ2n) is 2.43. The van der Waals surface area contributed by atoms with Gasteiger partial charge in [0.2, 0.25) is 0 Å². The molecule has 76 valence electrons. The fourth-order valence-corrected chi connectivity index (χ4v) is 0.968. The largest absolute Gasteiger partial charge is 0.478 e. The Morgan fingerprint density at radius 1 is 1.36 bits per heavy atom. The Morgan fingerprint density at radius 2 is 2.00 bits per heavy atom. The molecule has 1 N–H and O–H groups in total. The summed E-state index contributed by atoms with van der Waals surface area (Å²) in [6, 6.07) is 6.82. The molecule has 2 heteroatoms. The van der Waals surface area contributed by atoms with E-state index >= 15 is 0 Å². The maximum absolute atomic E-state index is 10.5. The summed E-state index contributed by atoms with van der Waals surface area (Å²) in [6.07, 6.45) is 3.74. The van der Waals surface area contributed by atoms with E-state index in [-0.39, 0.29) is 0 Å². The number of rotatable bonds is 2. The summed E-state index contributed by atoms with van der Waals surface area (Å²) in [5.41, 5.74) is 1.24. The van der Waals surface area contributed by atoms with Crippen LogP contribution in [0.1, 0.15) is 36.7 Å². The van der Waals surface area contributed by atoms with E-state index < -0.39 is 5.97 Å². The van der Waals surface area contributed by atoms with Crippen molar-refractivity contribution in [3.05, 3.63) is 41.5 Å². The van der Waals surface area contributed by atoms with Gasteiger partial charge < -0.3 is 5.11 Å². The van der Waals surface area contributed by atoms with E-state index in [0.717, 1.165) is 5.56 Å². The summed E-state index contributed by atoms with van der Waals surface area (Å²) in [5, 5.41) is 8.65. The van der Waals surface area contributed by atoms with Gasteiger partial charge in [0.15, 0.2) is 0 Å². The summed E-state index contributed by atoms with van der Waals surface area (Å²) in [7, 11) is 0.